The van der Waals surface area contributed by atoms with Gasteiger partial charge in [-0.3, -0.25) is 9.36 Å². The molecule has 0 spiro atoms. The molecule has 0 N–H and O–H groups in total. The number of benzene rings is 3. The van der Waals surface area contributed by atoms with Crippen molar-refractivity contribution in [3.05, 3.63) is 129 Å². The first kappa shape index (κ1) is 21.8. The third-order valence-corrected chi connectivity index (χ3v) is 8.75. The molecular formula is C28H20BrClN2OS. The molecule has 0 bridgehead atoms. The highest BCUT2D eigenvalue weighted by Crippen LogP contribution is 2.42. The third-order valence-electron chi connectivity index (χ3n) is 6.57. The van der Waals surface area contributed by atoms with Crippen molar-refractivity contribution in [3.63, 3.8) is 0 Å². The highest BCUT2D eigenvalue weighted by atomic mass is 79.9. The molecule has 0 amide bonds. The van der Waals surface area contributed by atoms with Crippen molar-refractivity contribution in [2.45, 2.75) is 25.8 Å². The van der Waals surface area contributed by atoms with Gasteiger partial charge in [-0.25, -0.2) is 4.99 Å². The molecule has 6 rings (SSSR count). The lowest BCUT2D eigenvalue weighted by Crippen LogP contribution is -2.38. The van der Waals surface area contributed by atoms with E-state index in [2.05, 4.69) is 46.3 Å². The minimum Gasteiger partial charge on any atom is -0.272 e. The fraction of sp³-hybridized carbons (Fsp3) is 0.143. The third kappa shape index (κ3) is 3.54. The number of halogens is 2. The summed E-state index contributed by atoms with van der Waals surface area (Å²) in [5, 5.41) is 0.664. The van der Waals surface area contributed by atoms with Crippen LogP contribution < -0.4 is 14.9 Å². The minimum atomic E-state index is -0.264. The van der Waals surface area contributed by atoms with Gasteiger partial charge in [-0.1, -0.05) is 93.5 Å². The molecule has 3 nitrogen and oxygen atoms in total. The van der Waals surface area contributed by atoms with Crippen LogP contribution in [-0.4, -0.2) is 4.57 Å². The fourth-order valence-electron chi connectivity index (χ4n) is 4.85. The summed E-state index contributed by atoms with van der Waals surface area (Å²) in [6.45, 7) is 2.05. The van der Waals surface area contributed by atoms with Crippen molar-refractivity contribution >= 4 is 50.6 Å². The predicted octanol–water partition coefficient (Wildman–Crippen LogP) is 6.04. The lowest BCUT2D eigenvalue weighted by Gasteiger charge is -2.31. The summed E-state index contributed by atoms with van der Waals surface area (Å²) < 4.78 is 3.53. The number of nitrogens with zero attached hydrogens (tertiary/aromatic N) is 2. The average molecular weight is 548 g/mol. The molecule has 6 heteroatoms. The molecule has 2 heterocycles. The maximum atomic E-state index is 13.8. The Morgan fingerprint density at radius 3 is 2.71 bits per heavy atom. The van der Waals surface area contributed by atoms with Crippen LogP contribution in [-0.2, 0) is 6.42 Å². The van der Waals surface area contributed by atoms with Crippen LogP contribution in [0, 0.1) is 6.92 Å². The Hall–Kier alpha value is -2.73. The molecule has 1 atom stereocenters. The largest absolute Gasteiger partial charge is 0.272 e. The second-order valence-corrected chi connectivity index (χ2v) is 10.9. The van der Waals surface area contributed by atoms with Gasteiger partial charge in [0.25, 0.3) is 5.56 Å². The normalized spacial score (nSPS) is 17.1. The quantitative estimate of drug-likeness (QED) is 0.301. The van der Waals surface area contributed by atoms with E-state index in [1.165, 1.54) is 16.9 Å². The molecule has 4 aromatic rings. The first-order valence-corrected chi connectivity index (χ1v) is 13.1. The summed E-state index contributed by atoms with van der Waals surface area (Å²) in [4.78, 5) is 19.6. The molecule has 0 saturated heterocycles. The van der Waals surface area contributed by atoms with Crippen molar-refractivity contribution in [1.29, 1.82) is 0 Å². The number of hydrogen-bond acceptors (Lipinski definition) is 3. The summed E-state index contributed by atoms with van der Waals surface area (Å²) in [5.41, 5.74) is 7.64. The predicted molar refractivity (Wildman–Crippen MR) is 143 cm³/mol. The van der Waals surface area contributed by atoms with Gasteiger partial charge in [0.05, 0.1) is 16.3 Å². The Morgan fingerprint density at radius 2 is 1.88 bits per heavy atom. The number of hydrogen-bond donors (Lipinski definition) is 0. The molecule has 1 aliphatic carbocycles. The van der Waals surface area contributed by atoms with Crippen molar-refractivity contribution in [2.75, 3.05) is 0 Å². The maximum Gasteiger partial charge on any atom is 0.271 e. The summed E-state index contributed by atoms with van der Waals surface area (Å²) >= 11 is 11.7. The molecule has 34 heavy (non-hydrogen) atoms. The van der Waals surface area contributed by atoms with Gasteiger partial charge in [-0.2, -0.15) is 0 Å². The van der Waals surface area contributed by atoms with Crippen molar-refractivity contribution < 1.29 is 0 Å². The number of rotatable bonds is 2. The molecule has 3 aromatic carbocycles. The molecule has 1 unspecified atom stereocenters. The van der Waals surface area contributed by atoms with Crippen LogP contribution in [0.1, 0.15) is 40.3 Å². The van der Waals surface area contributed by atoms with E-state index in [1.807, 2.05) is 54.0 Å². The first-order chi connectivity index (χ1) is 16.5. The standard InChI is InChI=1S/C28H20BrClN2OS/c1-16-10-11-17(14-22(16)29)15-24-27(33)32-26(20-8-4-5-9-23(20)30)21-13-12-18-6-2-3-7-19(18)25(21)31-28(32)34-24/h2-11,14-15,26H,12-13H2,1H3. The van der Waals surface area contributed by atoms with Crippen LogP contribution in [0.2, 0.25) is 5.02 Å². The molecule has 2 aliphatic rings. The Morgan fingerprint density at radius 1 is 1.09 bits per heavy atom. The number of thiazole rings is 1. The van der Waals surface area contributed by atoms with Gasteiger partial charge in [-0.15, -0.1) is 0 Å². The SMILES string of the molecule is Cc1ccc(C=c2sc3n(c2=O)C(c2ccccc2Cl)C2=C(N=3)c3ccccc3CC2)cc1Br. The zero-order valence-corrected chi connectivity index (χ0v) is 21.5. The Balaban J connectivity index is 1.64. The highest BCUT2D eigenvalue weighted by Gasteiger charge is 2.33. The van der Waals surface area contributed by atoms with Crippen LogP contribution >= 0.6 is 38.9 Å². The van der Waals surface area contributed by atoms with E-state index in [4.69, 9.17) is 16.6 Å². The molecule has 0 saturated carbocycles. The van der Waals surface area contributed by atoms with E-state index in [0.29, 0.717) is 14.4 Å². The fourth-order valence-corrected chi connectivity index (χ4v) is 6.48. The molecular weight excluding hydrogens is 528 g/mol. The van der Waals surface area contributed by atoms with Crippen LogP contribution in [0.25, 0.3) is 11.8 Å². The lowest BCUT2D eigenvalue weighted by atomic mass is 9.83. The second kappa shape index (κ2) is 8.49. The number of aromatic nitrogens is 1. The lowest BCUT2D eigenvalue weighted by molar-refractivity contribution is 0.585. The molecule has 0 radical (unpaired) electrons. The van der Waals surface area contributed by atoms with E-state index in [-0.39, 0.29) is 11.6 Å². The average Bonchev–Trinajstić information content (AvgIpc) is 3.15. The zero-order valence-electron chi connectivity index (χ0n) is 18.4. The summed E-state index contributed by atoms with van der Waals surface area (Å²) in [7, 11) is 0. The smallest absolute Gasteiger partial charge is 0.271 e. The molecule has 1 aliphatic heterocycles. The van der Waals surface area contributed by atoms with Gasteiger partial charge < -0.3 is 0 Å². The van der Waals surface area contributed by atoms with Gasteiger partial charge in [0.2, 0.25) is 0 Å². The van der Waals surface area contributed by atoms with Crippen LogP contribution in [0.5, 0.6) is 0 Å². The van der Waals surface area contributed by atoms with E-state index < -0.39 is 0 Å². The van der Waals surface area contributed by atoms with Crippen molar-refractivity contribution in [1.82, 2.24) is 4.57 Å². The zero-order chi connectivity index (χ0) is 23.4. The van der Waals surface area contributed by atoms with Gasteiger partial charge in [0.1, 0.15) is 0 Å². The maximum absolute atomic E-state index is 13.8. The number of allylic oxidation sites excluding steroid dienone is 1. The second-order valence-electron chi connectivity index (χ2n) is 8.64. The molecule has 168 valence electrons. The van der Waals surface area contributed by atoms with Gasteiger partial charge >= 0.3 is 0 Å². The number of fused-ring (bicyclic) bond motifs is 3. The summed E-state index contributed by atoms with van der Waals surface area (Å²) in [6, 6.07) is 22.1. The van der Waals surface area contributed by atoms with Gasteiger partial charge in [-0.05, 0) is 65.8 Å². The summed E-state index contributed by atoms with van der Waals surface area (Å²) in [6.07, 6.45) is 3.72. The summed E-state index contributed by atoms with van der Waals surface area (Å²) in [5.74, 6) is 0. The number of aryl methyl sites for hydroxylation is 2. The van der Waals surface area contributed by atoms with Gasteiger partial charge in [0.15, 0.2) is 4.80 Å². The minimum absolute atomic E-state index is 0.0317. The topological polar surface area (TPSA) is 34.4 Å². The van der Waals surface area contributed by atoms with Crippen molar-refractivity contribution in [2.24, 2.45) is 4.99 Å². The van der Waals surface area contributed by atoms with Crippen molar-refractivity contribution in [3.8, 4) is 0 Å². The monoisotopic (exact) mass is 546 g/mol. The van der Waals surface area contributed by atoms with E-state index >= 15 is 0 Å². The van der Waals surface area contributed by atoms with Crippen LogP contribution in [0.4, 0.5) is 0 Å². The Labute approximate surface area is 214 Å². The van der Waals surface area contributed by atoms with Crippen LogP contribution in [0.15, 0.2) is 86.6 Å². The van der Waals surface area contributed by atoms with E-state index in [1.54, 1.807) is 0 Å². The van der Waals surface area contributed by atoms with E-state index in [0.717, 1.165) is 50.8 Å². The Bertz CT molecular complexity index is 1680. The first-order valence-electron chi connectivity index (χ1n) is 11.1. The van der Waals surface area contributed by atoms with E-state index in [9.17, 15) is 4.79 Å². The molecule has 0 fully saturated rings. The van der Waals surface area contributed by atoms with Gasteiger partial charge in [0, 0.05) is 15.1 Å². The molecule has 1 aromatic heterocycles. The van der Waals surface area contributed by atoms with Crippen LogP contribution in [0.3, 0.4) is 0 Å². The highest BCUT2D eigenvalue weighted by molar-refractivity contribution is 9.10. The Kier molecular flexibility index (Phi) is 5.44.